The number of para-hydroxylation sites is 4. The zero-order valence-corrected chi connectivity index (χ0v) is 56.6. The van der Waals surface area contributed by atoms with E-state index in [1.165, 1.54) is 99.2 Å². The molecule has 5 nitrogen and oxygen atoms in total. The molecular weight excluding hydrogens is 1230 g/mol. The normalized spacial score (nSPS) is 13.1. The molecule has 2 heterocycles. The molecule has 0 spiro atoms. The quantitative estimate of drug-likeness (QED) is 0.132. The van der Waals surface area contributed by atoms with E-state index >= 15 is 0 Å². The number of benzene rings is 15. The third kappa shape index (κ3) is 9.75. The summed E-state index contributed by atoms with van der Waals surface area (Å²) in [5.74, 6) is 0.208. The van der Waals surface area contributed by atoms with Gasteiger partial charge in [-0.1, -0.05) is 222 Å². The van der Waals surface area contributed by atoms with Gasteiger partial charge in [-0.15, -0.1) is 0 Å². The van der Waals surface area contributed by atoms with Crippen LogP contribution in [0.5, 0.6) is 5.75 Å². The van der Waals surface area contributed by atoms with Crippen LogP contribution in [-0.4, -0.2) is 14.2 Å². The Hall–Kier alpha value is -12.7. The summed E-state index contributed by atoms with van der Waals surface area (Å²) in [5, 5.41) is 16.6. The summed E-state index contributed by atoms with van der Waals surface area (Å²) in [6.07, 6.45) is 0. The van der Waals surface area contributed by atoms with E-state index in [0.717, 1.165) is 78.9 Å². The predicted molar refractivity (Wildman–Crippen MR) is 423 cm³/mol. The van der Waals surface area contributed by atoms with Crippen LogP contribution in [0.3, 0.4) is 0 Å². The van der Waals surface area contributed by atoms with Crippen molar-refractivity contribution in [2.75, 3.05) is 9.80 Å². The van der Waals surface area contributed by atoms with E-state index in [0.29, 0.717) is 0 Å². The van der Waals surface area contributed by atoms with Crippen LogP contribution >= 0.6 is 0 Å². The van der Waals surface area contributed by atoms with Gasteiger partial charge in [-0.3, -0.25) is 0 Å². The maximum atomic E-state index is 11.7. The molecule has 0 fully saturated rings. The summed E-state index contributed by atoms with van der Waals surface area (Å²) in [4.78, 5) is 4.76. The fraction of sp³-hybridized carbons (Fsp3) is 0.0625. The van der Waals surface area contributed by atoms with Gasteiger partial charge in [0.2, 0.25) is 0 Å². The molecule has 5 heteroatoms. The number of fused-ring (bicyclic) bond motifs is 12. The van der Waals surface area contributed by atoms with Crippen LogP contribution in [0.1, 0.15) is 49.9 Å². The molecule has 0 bridgehead atoms. The first-order chi connectivity index (χ1) is 49.5. The van der Waals surface area contributed by atoms with Crippen molar-refractivity contribution in [3.63, 3.8) is 0 Å². The van der Waals surface area contributed by atoms with E-state index < -0.39 is 0 Å². The zero-order valence-electron chi connectivity index (χ0n) is 56.6. The van der Waals surface area contributed by atoms with Crippen LogP contribution in [0.25, 0.3) is 122 Å². The first-order valence-electron chi connectivity index (χ1n) is 35.0. The van der Waals surface area contributed by atoms with Gasteiger partial charge in [-0.05, 0) is 241 Å². The molecule has 2 aliphatic rings. The van der Waals surface area contributed by atoms with Crippen LogP contribution in [0.2, 0.25) is 0 Å². The maximum Gasteiger partial charge on any atom is 0.116 e. The van der Waals surface area contributed by atoms with Crippen LogP contribution in [0.4, 0.5) is 34.1 Å². The van der Waals surface area contributed by atoms with E-state index in [-0.39, 0.29) is 16.6 Å². The predicted octanol–water partition coefficient (Wildman–Crippen LogP) is 25.8. The van der Waals surface area contributed by atoms with Gasteiger partial charge in [-0.25, -0.2) is 0 Å². The van der Waals surface area contributed by atoms with Crippen molar-refractivity contribution in [2.24, 2.45) is 0 Å². The highest BCUT2D eigenvalue weighted by atomic mass is 16.3. The Bertz CT molecular complexity index is 5750. The molecule has 19 rings (SSSR count). The number of aromatic hydroxyl groups is 1. The summed E-state index contributed by atoms with van der Waals surface area (Å²) in [6.45, 7) is 9.39. The maximum absolute atomic E-state index is 11.7. The Morgan fingerprint density at radius 3 is 0.931 bits per heavy atom. The Balaban J connectivity index is 0.654. The molecule has 0 atom stereocenters. The molecule has 0 aliphatic heterocycles. The number of aromatic nitrogens is 2. The molecular formula is C96H70N4O. The molecule has 480 valence electrons. The van der Waals surface area contributed by atoms with Gasteiger partial charge >= 0.3 is 0 Å². The van der Waals surface area contributed by atoms with Gasteiger partial charge in [-0.2, -0.15) is 0 Å². The molecule has 15 aromatic carbocycles. The minimum absolute atomic E-state index is 0.179. The second kappa shape index (κ2) is 23.2. The van der Waals surface area contributed by atoms with Crippen molar-refractivity contribution in [1.29, 1.82) is 0 Å². The van der Waals surface area contributed by atoms with E-state index in [2.05, 4.69) is 380 Å². The SMILES string of the molecule is CC1(C)c2ccccc2-c2ccc(N(c3ccc(-c4cc(O)cc(-c5ccc(N(c6ccc(-c7ccc8c(c7)c7ccccc7n8-c7ccccc7)cc6)c6ccc7c(c6)C(C)(C)c6ccccc6-7)cc5)c4)cc3)c3ccc(-c4ccc5c(c4)c4ccccc4n5-c4ccccc4)cc3)cc21. The average molecular weight is 1300 g/mol. The summed E-state index contributed by atoms with van der Waals surface area (Å²) in [5.41, 5.74) is 32.0. The minimum atomic E-state index is -0.179. The van der Waals surface area contributed by atoms with Crippen molar-refractivity contribution in [1.82, 2.24) is 9.13 Å². The average Bonchev–Trinajstić information content (AvgIpc) is 1.59. The number of phenols is 1. The van der Waals surface area contributed by atoms with Gasteiger partial charge in [0.15, 0.2) is 0 Å². The molecule has 17 aromatic rings. The van der Waals surface area contributed by atoms with Crippen molar-refractivity contribution < 1.29 is 5.11 Å². The number of hydrogen-bond acceptors (Lipinski definition) is 3. The summed E-state index contributed by atoms with van der Waals surface area (Å²) in [7, 11) is 0. The second-order valence-electron chi connectivity index (χ2n) is 28.3. The molecule has 0 unspecified atom stereocenters. The molecule has 101 heavy (non-hydrogen) atoms. The van der Waals surface area contributed by atoms with Crippen molar-refractivity contribution >= 4 is 77.7 Å². The topological polar surface area (TPSA) is 36.6 Å². The lowest BCUT2D eigenvalue weighted by atomic mass is 9.82. The number of nitrogens with zero attached hydrogens (tertiary/aromatic N) is 4. The van der Waals surface area contributed by atoms with Gasteiger partial charge in [0.25, 0.3) is 0 Å². The van der Waals surface area contributed by atoms with E-state index in [4.69, 9.17) is 0 Å². The fourth-order valence-corrected chi connectivity index (χ4v) is 16.7. The monoisotopic (exact) mass is 1290 g/mol. The van der Waals surface area contributed by atoms with Crippen molar-refractivity contribution in [3.05, 3.63) is 368 Å². The third-order valence-electron chi connectivity index (χ3n) is 21.8. The third-order valence-corrected chi connectivity index (χ3v) is 21.8. The molecule has 1 N–H and O–H groups in total. The molecule has 0 amide bonds. The number of phenolic OH excluding ortho intramolecular Hbond substituents is 1. The Morgan fingerprint density at radius 1 is 0.228 bits per heavy atom. The standard InChI is InChI=1S/C96H70N4O/c1-95(2)87-27-15-11-23-79(87)81-51-49-76(60-89(81)95)97(72-41-31-62(32-42-72)66-39-53-93-85(58-66)83-25-13-17-29-91(83)99(93)70-19-7-5-8-20-70)74-45-35-64(36-46-74)68-55-69(57-78(101)56-68)65-37-47-75(48-38-65)98(77-50-52-82-80-24-12-16-28-88(80)96(3,4)90(82)61-77)73-43-33-63(34-44-73)67-40-54-94-86(59-67)84-26-14-18-30-92(84)100(94)71-21-9-6-10-22-71/h5-61,101H,1-4H3. The Morgan fingerprint density at radius 2 is 0.535 bits per heavy atom. The summed E-state index contributed by atoms with van der Waals surface area (Å²) < 4.78 is 4.74. The van der Waals surface area contributed by atoms with Crippen LogP contribution < -0.4 is 9.80 Å². The van der Waals surface area contributed by atoms with Gasteiger partial charge in [0.05, 0.1) is 22.1 Å². The Labute approximate surface area is 588 Å². The van der Waals surface area contributed by atoms with Gasteiger partial charge in [0.1, 0.15) is 5.75 Å². The first kappa shape index (κ1) is 59.6. The largest absolute Gasteiger partial charge is 0.508 e. The number of rotatable bonds is 12. The molecule has 2 aromatic heterocycles. The van der Waals surface area contributed by atoms with Gasteiger partial charge in [0, 0.05) is 77.9 Å². The first-order valence-corrected chi connectivity index (χ1v) is 35.0. The summed E-state index contributed by atoms with van der Waals surface area (Å²) >= 11 is 0. The smallest absolute Gasteiger partial charge is 0.116 e. The van der Waals surface area contributed by atoms with Crippen LogP contribution in [-0.2, 0) is 10.8 Å². The molecule has 0 saturated carbocycles. The zero-order chi connectivity index (χ0) is 67.7. The lowest BCUT2D eigenvalue weighted by molar-refractivity contribution is 0.476. The van der Waals surface area contributed by atoms with E-state index in [9.17, 15) is 5.11 Å². The lowest BCUT2D eigenvalue weighted by Crippen LogP contribution is -2.16. The second-order valence-corrected chi connectivity index (χ2v) is 28.3. The van der Waals surface area contributed by atoms with Crippen LogP contribution in [0, 0.1) is 0 Å². The fourth-order valence-electron chi connectivity index (χ4n) is 16.7. The van der Waals surface area contributed by atoms with Gasteiger partial charge < -0.3 is 24.0 Å². The molecule has 2 aliphatic carbocycles. The van der Waals surface area contributed by atoms with E-state index in [1.54, 1.807) is 0 Å². The summed E-state index contributed by atoms with van der Waals surface area (Å²) in [6, 6.07) is 126. The highest BCUT2D eigenvalue weighted by molar-refractivity contribution is 6.12. The number of anilines is 6. The minimum Gasteiger partial charge on any atom is -0.508 e. The van der Waals surface area contributed by atoms with Crippen LogP contribution in [0.15, 0.2) is 346 Å². The highest BCUT2D eigenvalue weighted by Gasteiger charge is 2.37. The Kier molecular flexibility index (Phi) is 13.7. The molecule has 0 radical (unpaired) electrons. The molecule has 0 saturated heterocycles. The number of hydrogen-bond donors (Lipinski definition) is 1. The van der Waals surface area contributed by atoms with E-state index in [1.807, 2.05) is 12.1 Å². The lowest BCUT2D eigenvalue weighted by Gasteiger charge is -2.28. The van der Waals surface area contributed by atoms with Crippen molar-refractivity contribution in [2.45, 2.75) is 38.5 Å². The van der Waals surface area contributed by atoms with Crippen molar-refractivity contribution in [3.8, 4) is 83.9 Å². The highest BCUT2D eigenvalue weighted by Crippen LogP contribution is 2.53.